The first-order valence-electron chi connectivity index (χ1n) is 3.81. The van der Waals surface area contributed by atoms with Crippen LogP contribution in [0.5, 0.6) is 0 Å². The highest BCUT2D eigenvalue weighted by Gasteiger charge is 2.05. The van der Waals surface area contributed by atoms with E-state index < -0.39 is 0 Å². The fourth-order valence-corrected chi connectivity index (χ4v) is 1.60. The van der Waals surface area contributed by atoms with Crippen molar-refractivity contribution < 1.29 is 0 Å². The van der Waals surface area contributed by atoms with E-state index in [-0.39, 0.29) is 0 Å². The van der Waals surface area contributed by atoms with Gasteiger partial charge in [-0.05, 0) is 6.92 Å². The minimum Gasteiger partial charge on any atom is -0.393 e. The average molecular weight is 193 g/mol. The van der Waals surface area contributed by atoms with Crippen LogP contribution in [0.4, 0.5) is 0 Å². The number of nitrogens with zero attached hydrogens (tertiary/aromatic N) is 3. The Balaban J connectivity index is 2.99. The second kappa shape index (κ2) is 4.06. The molecule has 0 bridgehead atoms. The molecule has 0 N–H and O–H groups in total. The molecule has 4 heteroatoms. The Kier molecular flexibility index (Phi) is 3.04. The van der Waals surface area contributed by atoms with Crippen LogP contribution >= 0.6 is 11.3 Å². The summed E-state index contributed by atoms with van der Waals surface area (Å²) in [5, 5.41) is 2.74. The molecule has 3 nitrogen and oxygen atoms in total. The molecule has 0 atom stereocenters. The molecule has 1 aromatic heterocycles. The highest BCUT2D eigenvalue weighted by atomic mass is 32.1. The normalized spacial score (nSPS) is 11.1. The summed E-state index contributed by atoms with van der Waals surface area (Å²) < 4.78 is 0. The number of thiazole rings is 1. The summed E-state index contributed by atoms with van der Waals surface area (Å²) in [5.41, 5.74) is 1.57. The topological polar surface area (TPSA) is 20.5 Å². The molecule has 0 amide bonds. The van der Waals surface area contributed by atoms with Crippen LogP contribution in [-0.4, -0.2) is 24.0 Å². The zero-order valence-electron chi connectivity index (χ0n) is 7.90. The van der Waals surface area contributed by atoms with Gasteiger partial charge in [-0.2, -0.15) is 0 Å². The third-order valence-electron chi connectivity index (χ3n) is 1.34. The summed E-state index contributed by atoms with van der Waals surface area (Å²) in [6, 6.07) is 0. The molecule has 1 aromatic rings. The van der Waals surface area contributed by atoms with Crippen molar-refractivity contribution in [2.45, 2.75) is 6.92 Å². The van der Waals surface area contributed by atoms with Crippen molar-refractivity contribution in [3.05, 3.63) is 33.7 Å². The van der Waals surface area contributed by atoms with E-state index in [4.69, 9.17) is 6.57 Å². The summed E-state index contributed by atoms with van der Waals surface area (Å²) in [4.78, 5) is 9.53. The SMILES string of the molecule is [C-]#[N+]/C(=C\N(C)C)c1nc(C)cs1. The van der Waals surface area contributed by atoms with Crippen LogP contribution in [0.15, 0.2) is 11.6 Å². The molecule has 0 spiro atoms. The average Bonchev–Trinajstić information content (AvgIpc) is 2.47. The molecule has 68 valence electrons. The van der Waals surface area contributed by atoms with Crippen molar-refractivity contribution in [2.24, 2.45) is 0 Å². The van der Waals surface area contributed by atoms with E-state index in [0.717, 1.165) is 10.7 Å². The van der Waals surface area contributed by atoms with Gasteiger partial charge in [0, 0.05) is 31.4 Å². The maximum Gasteiger partial charge on any atom is 0.237 e. The van der Waals surface area contributed by atoms with Crippen molar-refractivity contribution in [1.29, 1.82) is 0 Å². The zero-order chi connectivity index (χ0) is 9.84. The fraction of sp³-hybridized carbons (Fsp3) is 0.333. The molecule has 0 saturated carbocycles. The summed E-state index contributed by atoms with van der Waals surface area (Å²) in [6.45, 7) is 8.92. The van der Waals surface area contributed by atoms with Crippen molar-refractivity contribution in [3.8, 4) is 0 Å². The van der Waals surface area contributed by atoms with Crippen LogP contribution < -0.4 is 0 Å². The van der Waals surface area contributed by atoms with Gasteiger partial charge in [0.25, 0.3) is 0 Å². The number of aryl methyl sites for hydroxylation is 1. The highest BCUT2D eigenvalue weighted by molar-refractivity contribution is 7.10. The predicted octanol–water partition coefficient (Wildman–Crippen LogP) is 2.23. The van der Waals surface area contributed by atoms with Crippen molar-refractivity contribution in [2.75, 3.05) is 14.1 Å². The Labute approximate surface area is 82.2 Å². The van der Waals surface area contributed by atoms with E-state index in [1.807, 2.05) is 31.3 Å². The number of hydrogen-bond acceptors (Lipinski definition) is 3. The van der Waals surface area contributed by atoms with Gasteiger partial charge in [-0.15, -0.1) is 11.3 Å². The van der Waals surface area contributed by atoms with Gasteiger partial charge in [0.1, 0.15) is 5.01 Å². The minimum atomic E-state index is 0.600. The number of hydrogen-bond donors (Lipinski definition) is 0. The molecule has 0 aromatic carbocycles. The van der Waals surface area contributed by atoms with Crippen LogP contribution in [0.2, 0.25) is 0 Å². The Morgan fingerprint density at radius 3 is 2.77 bits per heavy atom. The maximum atomic E-state index is 7.00. The van der Waals surface area contributed by atoms with E-state index in [2.05, 4.69) is 9.83 Å². The van der Waals surface area contributed by atoms with Gasteiger partial charge in [-0.1, -0.05) is 0 Å². The van der Waals surface area contributed by atoms with E-state index in [9.17, 15) is 0 Å². The van der Waals surface area contributed by atoms with E-state index >= 15 is 0 Å². The van der Waals surface area contributed by atoms with E-state index in [1.54, 1.807) is 6.20 Å². The quantitative estimate of drug-likeness (QED) is 0.671. The highest BCUT2D eigenvalue weighted by Crippen LogP contribution is 2.20. The zero-order valence-corrected chi connectivity index (χ0v) is 8.72. The first-order valence-corrected chi connectivity index (χ1v) is 4.69. The maximum absolute atomic E-state index is 7.00. The van der Waals surface area contributed by atoms with Crippen LogP contribution in [0.1, 0.15) is 10.7 Å². The molecule has 0 fully saturated rings. The Bertz CT molecular complexity index is 357. The van der Waals surface area contributed by atoms with Crippen LogP contribution in [-0.2, 0) is 0 Å². The Hall–Kier alpha value is -1.34. The standard InChI is InChI=1S/C9H11N3S/c1-7-6-13-9(11-7)8(10-2)5-12(3)4/h5-6H,1,3-4H3/b8-5-. The minimum absolute atomic E-state index is 0.600. The fourth-order valence-electron chi connectivity index (χ4n) is 0.848. The summed E-state index contributed by atoms with van der Waals surface area (Å²) >= 11 is 1.50. The predicted molar refractivity (Wildman–Crippen MR) is 55.1 cm³/mol. The molecule has 0 radical (unpaired) electrons. The van der Waals surface area contributed by atoms with Crippen LogP contribution in [0.25, 0.3) is 10.5 Å². The third kappa shape index (κ3) is 2.56. The van der Waals surface area contributed by atoms with E-state index in [1.165, 1.54) is 11.3 Å². The largest absolute Gasteiger partial charge is 0.393 e. The van der Waals surface area contributed by atoms with Crippen molar-refractivity contribution in [3.63, 3.8) is 0 Å². The van der Waals surface area contributed by atoms with Gasteiger partial charge in [0.2, 0.25) is 5.70 Å². The Morgan fingerprint density at radius 2 is 2.38 bits per heavy atom. The summed E-state index contributed by atoms with van der Waals surface area (Å²) in [5.74, 6) is 0. The molecule has 1 heterocycles. The molecular weight excluding hydrogens is 182 g/mol. The molecular formula is C9H11N3S. The molecule has 0 aliphatic heterocycles. The van der Waals surface area contributed by atoms with Gasteiger partial charge in [-0.25, -0.2) is 4.85 Å². The first kappa shape index (κ1) is 9.75. The smallest absolute Gasteiger partial charge is 0.237 e. The lowest BCUT2D eigenvalue weighted by Crippen LogP contribution is -2.01. The lowest BCUT2D eigenvalue weighted by atomic mass is 10.5. The molecule has 0 saturated heterocycles. The molecule has 1 rings (SSSR count). The molecule has 0 aliphatic rings. The number of rotatable bonds is 2. The third-order valence-corrected chi connectivity index (χ3v) is 2.32. The first-order chi connectivity index (χ1) is 6.13. The van der Waals surface area contributed by atoms with E-state index in [0.29, 0.717) is 5.70 Å². The van der Waals surface area contributed by atoms with Crippen molar-refractivity contribution >= 4 is 17.0 Å². The van der Waals surface area contributed by atoms with Gasteiger partial charge >= 0.3 is 0 Å². The molecule has 0 aliphatic carbocycles. The lowest BCUT2D eigenvalue weighted by molar-refractivity contribution is 0.566. The second-order valence-electron chi connectivity index (χ2n) is 2.88. The lowest BCUT2D eigenvalue weighted by Gasteiger charge is -2.04. The summed E-state index contributed by atoms with van der Waals surface area (Å²) in [6.07, 6.45) is 1.78. The molecule has 0 unspecified atom stereocenters. The Morgan fingerprint density at radius 1 is 1.69 bits per heavy atom. The number of aromatic nitrogens is 1. The van der Waals surface area contributed by atoms with Crippen LogP contribution in [0.3, 0.4) is 0 Å². The van der Waals surface area contributed by atoms with Gasteiger partial charge in [-0.3, -0.25) is 4.98 Å². The molecule has 13 heavy (non-hydrogen) atoms. The van der Waals surface area contributed by atoms with Gasteiger partial charge in [0.15, 0.2) is 0 Å². The van der Waals surface area contributed by atoms with Crippen LogP contribution in [0, 0.1) is 13.5 Å². The second-order valence-corrected chi connectivity index (χ2v) is 3.74. The van der Waals surface area contributed by atoms with Gasteiger partial charge in [0.05, 0.1) is 6.57 Å². The van der Waals surface area contributed by atoms with Crippen molar-refractivity contribution in [1.82, 2.24) is 9.88 Å². The monoisotopic (exact) mass is 193 g/mol. The van der Waals surface area contributed by atoms with Gasteiger partial charge < -0.3 is 4.90 Å². The summed E-state index contributed by atoms with van der Waals surface area (Å²) in [7, 11) is 3.79.